The molecule has 0 aliphatic heterocycles. The molecule has 1 unspecified atom stereocenters. The van der Waals surface area contributed by atoms with Gasteiger partial charge in [0.1, 0.15) is 16.7 Å². The maximum atomic E-state index is 11.1. The molecule has 1 rings (SSSR count). The number of nitrogens with zero attached hydrogens (tertiary/aromatic N) is 2. The Morgan fingerprint density at radius 1 is 0.793 bits per heavy atom. The van der Waals surface area contributed by atoms with Crippen LogP contribution in [0.15, 0.2) is 29.2 Å². The molecule has 1 aromatic carbocycles. The maximum absolute atomic E-state index is 11.1. The minimum absolute atomic E-state index is 0.156. The molecule has 0 saturated heterocycles. The van der Waals surface area contributed by atoms with E-state index in [1.165, 1.54) is 49.0 Å². The first-order chi connectivity index (χ1) is 13.6. The van der Waals surface area contributed by atoms with E-state index in [-0.39, 0.29) is 4.90 Å². The Balaban J connectivity index is 2.32. The molecule has 0 bridgehead atoms. The molecule has 5 nitrogen and oxygen atoms in total. The van der Waals surface area contributed by atoms with Crippen LogP contribution in [0, 0.1) is 0 Å². The van der Waals surface area contributed by atoms with Gasteiger partial charge in [-0.05, 0) is 32.9 Å². The molecule has 168 valence electrons. The van der Waals surface area contributed by atoms with E-state index in [4.69, 9.17) is 0 Å². The van der Waals surface area contributed by atoms with Crippen molar-refractivity contribution < 1.29 is 21.9 Å². The van der Waals surface area contributed by atoms with Crippen molar-refractivity contribution >= 4 is 33.6 Å². The smallest absolute Gasteiger partial charge is 0.124 e. The maximum Gasteiger partial charge on any atom is 0.124 e. The van der Waals surface area contributed by atoms with Gasteiger partial charge in [-0.25, -0.2) is 8.42 Å². The van der Waals surface area contributed by atoms with Gasteiger partial charge in [0.15, 0.2) is 0 Å². The van der Waals surface area contributed by atoms with Crippen molar-refractivity contribution in [1.82, 2.24) is 0 Å². The fraction of sp³-hybridized carbons (Fsp3) is 0.714. The zero-order chi connectivity index (χ0) is 22.0. The molecule has 0 aromatic heterocycles. The van der Waals surface area contributed by atoms with Crippen LogP contribution in [0.1, 0.15) is 26.3 Å². The van der Waals surface area contributed by atoms with Crippen LogP contribution in [0.25, 0.3) is 0 Å². The van der Waals surface area contributed by atoms with Crippen LogP contribution in [-0.4, -0.2) is 91.8 Å². The van der Waals surface area contributed by atoms with Gasteiger partial charge in [-0.15, -0.1) is 0 Å². The molecule has 29 heavy (non-hydrogen) atoms. The number of quaternary nitrogens is 2. The second-order valence-corrected chi connectivity index (χ2v) is 11.9. The van der Waals surface area contributed by atoms with Gasteiger partial charge in [-0.3, -0.25) is 0 Å². The van der Waals surface area contributed by atoms with E-state index in [9.17, 15) is 13.0 Å². The summed E-state index contributed by atoms with van der Waals surface area (Å²) in [7, 11) is 0.208. The van der Waals surface area contributed by atoms with Crippen LogP contribution in [-0.2, 0) is 16.7 Å². The molecule has 0 spiro atoms. The van der Waals surface area contributed by atoms with Gasteiger partial charge in [0.2, 0.25) is 0 Å². The van der Waals surface area contributed by atoms with E-state index in [2.05, 4.69) is 46.6 Å². The van der Waals surface area contributed by atoms with Crippen molar-refractivity contribution in [3.63, 3.8) is 0 Å². The molecule has 0 amide bonds. The first-order valence-corrected chi connectivity index (χ1v) is 14.2. The summed E-state index contributed by atoms with van der Waals surface area (Å²) in [6, 6.07) is 6.37. The third-order valence-electron chi connectivity index (χ3n) is 5.99. The van der Waals surface area contributed by atoms with E-state index in [1.54, 1.807) is 12.1 Å². The monoisotopic (exact) mass is 463 g/mol. The van der Waals surface area contributed by atoms with Crippen molar-refractivity contribution in [3.8, 4) is 0 Å². The van der Waals surface area contributed by atoms with E-state index < -0.39 is 10.1 Å². The molecule has 0 heterocycles. The van der Waals surface area contributed by atoms with E-state index >= 15 is 0 Å². The molecule has 1 atom stereocenters. The first-order valence-electron chi connectivity index (χ1n) is 10.4. The predicted octanol–water partition coefficient (Wildman–Crippen LogP) is 3.51. The van der Waals surface area contributed by atoms with E-state index in [0.717, 1.165) is 39.9 Å². The number of benzene rings is 1. The molecule has 8 heteroatoms. The lowest BCUT2D eigenvalue weighted by Gasteiger charge is -2.33. The summed E-state index contributed by atoms with van der Waals surface area (Å²) in [4.78, 5) is -0.156. The Bertz CT molecular complexity index is 692. The Kier molecular flexibility index (Phi) is 11.6. The number of hydrogen-bond donors (Lipinski definition) is 0. The summed E-state index contributed by atoms with van der Waals surface area (Å²) in [5, 5.41) is 0. The predicted molar refractivity (Wildman–Crippen MR) is 126 cm³/mol. The largest absolute Gasteiger partial charge is 0.744 e. The highest BCUT2D eigenvalue weighted by molar-refractivity contribution is 8.02. The molecule has 1 aromatic rings. The first kappa shape index (κ1) is 26.8. The topological polar surface area (TPSA) is 57.2 Å². The highest BCUT2D eigenvalue weighted by Crippen LogP contribution is 2.17. The van der Waals surface area contributed by atoms with Gasteiger partial charge in [0.25, 0.3) is 0 Å². The van der Waals surface area contributed by atoms with Crippen LogP contribution in [0.4, 0.5) is 0 Å². The third kappa shape index (κ3) is 10.1. The average molecular weight is 464 g/mol. The van der Waals surface area contributed by atoms with Gasteiger partial charge >= 0.3 is 0 Å². The van der Waals surface area contributed by atoms with Crippen molar-refractivity contribution in [2.45, 2.75) is 32.2 Å². The lowest BCUT2D eigenvalue weighted by atomic mass is 10.2. The van der Waals surface area contributed by atoms with E-state index in [0.29, 0.717) is 0 Å². The minimum Gasteiger partial charge on any atom is -0.744 e. The fourth-order valence-electron chi connectivity index (χ4n) is 2.98. The lowest BCUT2D eigenvalue weighted by Crippen LogP contribution is -2.45. The van der Waals surface area contributed by atoms with Crippen molar-refractivity contribution in [2.24, 2.45) is 0 Å². The van der Waals surface area contributed by atoms with Crippen molar-refractivity contribution in [2.75, 3.05) is 69.8 Å². The van der Waals surface area contributed by atoms with Crippen LogP contribution < -0.4 is 0 Å². The Hall–Kier alpha value is -0.250. The zero-order valence-corrected chi connectivity index (χ0v) is 21.2. The number of rotatable bonds is 15. The third-order valence-corrected chi connectivity index (χ3v) is 9.03. The Morgan fingerprint density at radius 2 is 1.24 bits per heavy atom. The molecule has 0 aliphatic rings. The van der Waals surface area contributed by atoms with Crippen LogP contribution >= 0.6 is 23.5 Å². The van der Waals surface area contributed by atoms with Crippen molar-refractivity contribution in [1.29, 1.82) is 0 Å². The molecule has 0 aliphatic carbocycles. The second kappa shape index (κ2) is 12.6. The van der Waals surface area contributed by atoms with Crippen LogP contribution in [0.2, 0.25) is 0 Å². The normalized spacial score (nSPS) is 14.7. The van der Waals surface area contributed by atoms with E-state index in [1.807, 2.05) is 11.8 Å². The van der Waals surface area contributed by atoms with Gasteiger partial charge in [-0.1, -0.05) is 12.1 Å². The number of thioether (sulfide) groups is 2. The highest BCUT2D eigenvalue weighted by atomic mass is 32.2. The van der Waals surface area contributed by atoms with Crippen molar-refractivity contribution in [3.05, 3.63) is 29.8 Å². The summed E-state index contributed by atoms with van der Waals surface area (Å²) < 4.78 is 35.3. The lowest BCUT2D eigenvalue weighted by molar-refractivity contribution is -0.918. The molecule has 0 saturated carbocycles. The molecule has 0 N–H and O–H groups in total. The van der Waals surface area contributed by atoms with Crippen LogP contribution in [0.5, 0.6) is 0 Å². The summed E-state index contributed by atoms with van der Waals surface area (Å²) >= 11 is 4.08. The number of hydrogen-bond acceptors (Lipinski definition) is 5. The molecular weight excluding hydrogens is 424 g/mol. The molecular formula is C21H39N2O3S3+. The second-order valence-electron chi connectivity index (χ2n) is 8.12. The zero-order valence-electron chi connectivity index (χ0n) is 18.7. The van der Waals surface area contributed by atoms with Crippen LogP contribution in [0.3, 0.4) is 0 Å². The summed E-state index contributed by atoms with van der Waals surface area (Å²) in [5.41, 5.74) is 1.07. The SMILES string of the molecule is CC[N+](C)(CC)CCSCCSCC[N+](C)(CC)Cc1ccc(S(=O)(=O)[O-])cc1. The highest BCUT2D eigenvalue weighted by Gasteiger charge is 2.20. The quantitative estimate of drug-likeness (QED) is 0.226. The fourth-order valence-corrected chi connectivity index (χ4v) is 5.94. The summed E-state index contributed by atoms with van der Waals surface area (Å²) in [6.45, 7) is 13.3. The Morgan fingerprint density at radius 3 is 1.66 bits per heavy atom. The van der Waals surface area contributed by atoms with Gasteiger partial charge in [-0.2, -0.15) is 23.5 Å². The van der Waals surface area contributed by atoms with Gasteiger partial charge in [0.05, 0.1) is 51.7 Å². The minimum atomic E-state index is -4.37. The standard InChI is InChI=1S/C21H39N2O3S3/c1-6-22(4,7-2)13-15-27-17-18-28-16-14-23(5,8-3)19-20-9-11-21(12-10-20)29(24,25)26/h9-12H,6-8,13-19H2,1-5H3/q+1. The average Bonchev–Trinajstić information content (AvgIpc) is 2.69. The summed E-state index contributed by atoms with van der Waals surface area (Å²) in [5.74, 6) is 4.75. The Labute approximate surface area is 187 Å². The summed E-state index contributed by atoms with van der Waals surface area (Å²) in [6.07, 6.45) is 0. The van der Waals surface area contributed by atoms with Gasteiger partial charge < -0.3 is 13.5 Å². The van der Waals surface area contributed by atoms with Gasteiger partial charge in [0, 0.05) is 28.6 Å². The molecule has 0 radical (unpaired) electrons. The molecule has 0 fully saturated rings.